The van der Waals surface area contributed by atoms with Crippen LogP contribution in [0.15, 0.2) is 29.3 Å². The molecule has 0 radical (unpaired) electrons. The summed E-state index contributed by atoms with van der Waals surface area (Å²) >= 11 is 0. The lowest BCUT2D eigenvalue weighted by atomic mass is 10.1. The fourth-order valence-electron chi connectivity index (χ4n) is 2.19. The van der Waals surface area contributed by atoms with E-state index in [0.717, 1.165) is 58.1 Å². The quantitative estimate of drug-likeness (QED) is 0.257. The van der Waals surface area contributed by atoms with Crippen LogP contribution in [0.3, 0.4) is 0 Å². The van der Waals surface area contributed by atoms with Crippen molar-refractivity contribution in [1.29, 1.82) is 0 Å². The van der Waals surface area contributed by atoms with Crippen molar-refractivity contribution in [2.75, 3.05) is 32.8 Å². The number of unbranched alkanes of at least 4 members (excludes halogenated alkanes) is 1. The van der Waals surface area contributed by atoms with Crippen LogP contribution in [0.1, 0.15) is 37.8 Å². The van der Waals surface area contributed by atoms with Crippen molar-refractivity contribution in [3.8, 4) is 0 Å². The van der Waals surface area contributed by atoms with E-state index in [4.69, 9.17) is 4.74 Å². The summed E-state index contributed by atoms with van der Waals surface area (Å²) < 4.78 is 5.33. The Hall–Kier alpha value is -0.820. The van der Waals surface area contributed by atoms with E-state index in [1.807, 2.05) is 6.92 Å². The topological polar surface area (TPSA) is 45.7 Å². The minimum atomic E-state index is 0. The van der Waals surface area contributed by atoms with E-state index >= 15 is 0 Å². The molecule has 23 heavy (non-hydrogen) atoms. The summed E-state index contributed by atoms with van der Waals surface area (Å²) in [6.45, 7) is 10.5. The van der Waals surface area contributed by atoms with Gasteiger partial charge in [0.1, 0.15) is 0 Å². The highest BCUT2D eigenvalue weighted by Crippen LogP contribution is 2.03. The van der Waals surface area contributed by atoms with Gasteiger partial charge in [0.25, 0.3) is 0 Å². The molecule has 0 spiro atoms. The third-order valence-electron chi connectivity index (χ3n) is 3.30. The summed E-state index contributed by atoms with van der Waals surface area (Å²) in [6.07, 6.45) is 3.14. The smallest absolute Gasteiger partial charge is 0.191 e. The van der Waals surface area contributed by atoms with E-state index in [2.05, 4.69) is 53.7 Å². The van der Waals surface area contributed by atoms with E-state index in [1.165, 1.54) is 11.1 Å². The average molecular weight is 433 g/mol. The van der Waals surface area contributed by atoms with Gasteiger partial charge < -0.3 is 15.4 Å². The third-order valence-corrected chi connectivity index (χ3v) is 3.30. The molecule has 1 rings (SSSR count). The second-order valence-electron chi connectivity index (χ2n) is 5.33. The van der Waals surface area contributed by atoms with Crippen molar-refractivity contribution in [3.05, 3.63) is 35.4 Å². The van der Waals surface area contributed by atoms with Crippen LogP contribution >= 0.6 is 24.0 Å². The second kappa shape index (κ2) is 14.8. The first-order valence-electron chi connectivity index (χ1n) is 8.41. The van der Waals surface area contributed by atoms with Crippen LogP contribution in [0.4, 0.5) is 0 Å². The van der Waals surface area contributed by atoms with Gasteiger partial charge in [-0.15, -0.1) is 24.0 Å². The van der Waals surface area contributed by atoms with Crippen LogP contribution in [0.2, 0.25) is 0 Å². The minimum absolute atomic E-state index is 0. The first-order chi connectivity index (χ1) is 10.8. The first-order valence-corrected chi connectivity index (χ1v) is 8.41. The van der Waals surface area contributed by atoms with Crippen molar-refractivity contribution in [1.82, 2.24) is 10.6 Å². The van der Waals surface area contributed by atoms with Crippen molar-refractivity contribution < 1.29 is 4.74 Å². The van der Waals surface area contributed by atoms with Crippen LogP contribution in [0.25, 0.3) is 0 Å². The Morgan fingerprint density at radius 1 is 1.17 bits per heavy atom. The summed E-state index contributed by atoms with van der Waals surface area (Å²) in [6, 6.07) is 8.65. The van der Waals surface area contributed by atoms with E-state index in [1.54, 1.807) is 0 Å². The number of guanidine groups is 1. The fourth-order valence-corrected chi connectivity index (χ4v) is 2.19. The van der Waals surface area contributed by atoms with E-state index in [9.17, 15) is 0 Å². The van der Waals surface area contributed by atoms with Gasteiger partial charge in [0.15, 0.2) is 5.96 Å². The molecule has 0 aliphatic rings. The Morgan fingerprint density at radius 3 is 2.70 bits per heavy atom. The zero-order valence-corrected chi connectivity index (χ0v) is 17.1. The average Bonchev–Trinajstić information content (AvgIpc) is 2.51. The number of nitrogens with zero attached hydrogens (tertiary/aromatic N) is 1. The molecule has 0 heterocycles. The predicted molar refractivity (Wildman–Crippen MR) is 110 cm³/mol. The lowest BCUT2D eigenvalue weighted by molar-refractivity contribution is 0.144. The Kier molecular flexibility index (Phi) is 14.2. The molecule has 0 atom stereocenters. The third kappa shape index (κ3) is 11.4. The van der Waals surface area contributed by atoms with Crippen LogP contribution in [0, 0.1) is 6.92 Å². The Bertz CT molecular complexity index is 438. The van der Waals surface area contributed by atoms with Crippen LogP contribution in [0.5, 0.6) is 0 Å². The number of aryl methyl sites for hydroxylation is 1. The number of ether oxygens (including phenoxy) is 1. The van der Waals surface area contributed by atoms with Gasteiger partial charge in [0.05, 0.1) is 0 Å². The fraction of sp³-hybridized carbons (Fsp3) is 0.611. The number of hydrogen-bond donors (Lipinski definition) is 2. The van der Waals surface area contributed by atoms with Gasteiger partial charge in [-0.3, -0.25) is 4.99 Å². The van der Waals surface area contributed by atoms with E-state index in [0.29, 0.717) is 0 Å². The van der Waals surface area contributed by atoms with Gasteiger partial charge in [-0.25, -0.2) is 0 Å². The van der Waals surface area contributed by atoms with Gasteiger partial charge in [0, 0.05) is 32.8 Å². The molecule has 5 heteroatoms. The van der Waals surface area contributed by atoms with Gasteiger partial charge in [-0.2, -0.15) is 0 Å². The van der Waals surface area contributed by atoms with Crippen molar-refractivity contribution in [2.45, 2.75) is 40.0 Å². The maximum Gasteiger partial charge on any atom is 0.191 e. The highest BCUT2D eigenvalue weighted by molar-refractivity contribution is 14.0. The van der Waals surface area contributed by atoms with Crippen LogP contribution in [-0.2, 0) is 11.2 Å². The molecule has 1 aromatic carbocycles. The molecule has 0 amide bonds. The maximum atomic E-state index is 5.33. The van der Waals surface area contributed by atoms with E-state index < -0.39 is 0 Å². The Morgan fingerprint density at radius 2 is 2.00 bits per heavy atom. The maximum absolute atomic E-state index is 5.33. The molecule has 0 unspecified atom stereocenters. The standard InChI is InChI=1S/C18H31N3O.HI/c1-4-19-18(20-12-6-7-14-22-5-2)21-13-11-17-10-8-9-16(3)15-17;/h8-10,15H,4-7,11-14H2,1-3H3,(H2,19,20,21);1H. The number of halogens is 1. The van der Waals surface area contributed by atoms with Gasteiger partial charge in [-0.1, -0.05) is 29.8 Å². The summed E-state index contributed by atoms with van der Waals surface area (Å²) in [7, 11) is 0. The molecule has 0 aromatic heterocycles. The first kappa shape index (κ1) is 22.2. The zero-order valence-electron chi connectivity index (χ0n) is 14.7. The molecule has 132 valence electrons. The van der Waals surface area contributed by atoms with E-state index in [-0.39, 0.29) is 24.0 Å². The molecule has 0 saturated carbocycles. The summed E-state index contributed by atoms with van der Waals surface area (Å²) in [4.78, 5) is 4.60. The lowest BCUT2D eigenvalue weighted by Crippen LogP contribution is -2.38. The molecule has 4 nitrogen and oxygen atoms in total. The summed E-state index contributed by atoms with van der Waals surface area (Å²) in [5, 5.41) is 6.69. The molecule has 0 saturated heterocycles. The van der Waals surface area contributed by atoms with Crippen molar-refractivity contribution >= 4 is 29.9 Å². The molecule has 0 bridgehead atoms. The summed E-state index contributed by atoms with van der Waals surface area (Å²) in [5.74, 6) is 0.909. The number of rotatable bonds is 10. The minimum Gasteiger partial charge on any atom is -0.382 e. The largest absolute Gasteiger partial charge is 0.382 e. The molecule has 0 aliphatic carbocycles. The number of hydrogen-bond acceptors (Lipinski definition) is 2. The van der Waals surface area contributed by atoms with Crippen molar-refractivity contribution in [3.63, 3.8) is 0 Å². The van der Waals surface area contributed by atoms with Gasteiger partial charge in [-0.05, 0) is 45.6 Å². The highest BCUT2D eigenvalue weighted by atomic mass is 127. The predicted octanol–water partition coefficient (Wildman–Crippen LogP) is 3.53. The number of benzene rings is 1. The second-order valence-corrected chi connectivity index (χ2v) is 5.33. The SMILES string of the molecule is CCNC(=NCCCCOCC)NCCc1cccc(C)c1.I. The zero-order chi connectivity index (χ0) is 16.0. The molecular weight excluding hydrogens is 401 g/mol. The Labute approximate surface area is 158 Å². The highest BCUT2D eigenvalue weighted by Gasteiger charge is 1.98. The number of nitrogens with one attached hydrogen (secondary N) is 2. The Balaban J connectivity index is 0.00000484. The lowest BCUT2D eigenvalue weighted by Gasteiger charge is -2.11. The molecular formula is C18H32IN3O. The normalized spacial score (nSPS) is 11.0. The van der Waals surface area contributed by atoms with Crippen molar-refractivity contribution in [2.24, 2.45) is 4.99 Å². The van der Waals surface area contributed by atoms with Gasteiger partial charge >= 0.3 is 0 Å². The van der Waals surface area contributed by atoms with Crippen LogP contribution < -0.4 is 10.6 Å². The molecule has 1 aromatic rings. The monoisotopic (exact) mass is 433 g/mol. The van der Waals surface area contributed by atoms with Gasteiger partial charge in [0.2, 0.25) is 0 Å². The van der Waals surface area contributed by atoms with Crippen LogP contribution in [-0.4, -0.2) is 38.8 Å². The molecule has 0 aliphatic heterocycles. The molecule has 0 fully saturated rings. The molecule has 2 N–H and O–H groups in total. The number of aliphatic imine (C=N–C) groups is 1. The summed E-state index contributed by atoms with van der Waals surface area (Å²) in [5.41, 5.74) is 2.67.